The number of ether oxygens (including phenoxy) is 2. The van der Waals surface area contributed by atoms with E-state index >= 15 is 0 Å². The van der Waals surface area contributed by atoms with Crippen LogP contribution in [-0.4, -0.2) is 79.6 Å². The van der Waals surface area contributed by atoms with Crippen molar-refractivity contribution in [2.75, 3.05) is 46.5 Å². The highest BCUT2D eigenvalue weighted by Gasteiger charge is 2.42. The molecule has 1 amide bonds. The number of amides is 1. The van der Waals surface area contributed by atoms with Gasteiger partial charge in [-0.2, -0.15) is 0 Å². The molecular formula is C18H26N2O6S. The van der Waals surface area contributed by atoms with Gasteiger partial charge >= 0.3 is 5.97 Å². The molecule has 1 unspecified atom stereocenters. The lowest BCUT2D eigenvalue weighted by Gasteiger charge is -2.44. The number of carbonyl (C=O) groups is 2. The van der Waals surface area contributed by atoms with Crippen LogP contribution in [0.5, 0.6) is 0 Å². The van der Waals surface area contributed by atoms with Gasteiger partial charge < -0.3 is 29.9 Å². The number of thiophene rings is 1. The first-order valence-electron chi connectivity index (χ1n) is 9.11. The van der Waals surface area contributed by atoms with Crippen LogP contribution in [0, 0.1) is 0 Å². The summed E-state index contributed by atoms with van der Waals surface area (Å²) in [7, 11) is 1.28. The quantitative estimate of drug-likeness (QED) is 0.573. The number of likely N-dealkylation sites (tertiary alicyclic amines) is 1. The molecule has 0 aromatic carbocycles. The molecule has 3 rings (SSSR count). The number of hydrogen-bond donors (Lipinski definition) is 3. The molecule has 8 nitrogen and oxygen atoms in total. The van der Waals surface area contributed by atoms with Gasteiger partial charge in [0.05, 0.1) is 31.3 Å². The summed E-state index contributed by atoms with van der Waals surface area (Å²) in [6.07, 6.45) is 1.60. The summed E-state index contributed by atoms with van der Waals surface area (Å²) >= 11 is 1.43. The number of β-amino-alcohol motifs (C(OH)–C–C–N with tert-alkyl or cyclic N) is 1. The van der Waals surface area contributed by atoms with Gasteiger partial charge in [0.25, 0.3) is 5.91 Å². The van der Waals surface area contributed by atoms with E-state index in [1.54, 1.807) is 0 Å². The molecule has 1 aromatic heterocycles. The van der Waals surface area contributed by atoms with Crippen LogP contribution in [0.25, 0.3) is 0 Å². The number of esters is 1. The van der Waals surface area contributed by atoms with Crippen LogP contribution in [0.1, 0.15) is 33.0 Å². The zero-order chi connectivity index (χ0) is 19.4. The largest absolute Gasteiger partial charge is 0.468 e. The van der Waals surface area contributed by atoms with Gasteiger partial charge in [0.2, 0.25) is 0 Å². The van der Waals surface area contributed by atoms with Gasteiger partial charge in [-0.3, -0.25) is 9.59 Å². The Morgan fingerprint density at radius 3 is 2.85 bits per heavy atom. The minimum Gasteiger partial charge on any atom is -0.468 e. The molecule has 1 aromatic rings. The number of nitrogens with one attached hydrogen (secondary N) is 1. The van der Waals surface area contributed by atoms with Crippen molar-refractivity contribution in [2.24, 2.45) is 0 Å². The van der Waals surface area contributed by atoms with E-state index < -0.39 is 12.1 Å². The molecule has 2 aliphatic rings. The molecule has 3 N–H and O–H groups in total. The van der Waals surface area contributed by atoms with Gasteiger partial charge in [-0.1, -0.05) is 0 Å². The second kappa shape index (κ2) is 8.66. The van der Waals surface area contributed by atoms with Crippen molar-refractivity contribution in [1.29, 1.82) is 0 Å². The predicted molar refractivity (Wildman–Crippen MR) is 98.8 cm³/mol. The molecule has 0 aliphatic carbocycles. The maximum absolute atomic E-state index is 12.4. The summed E-state index contributed by atoms with van der Waals surface area (Å²) < 4.78 is 10.7. The standard InChI is InChI=1S/C18H26N2O6S/c1-25-15(23)9-19-17(24)14-8-12-2-7-26-18(16(12)27-14)3-5-20(6-4-18)10-13(22)11-21/h8,13,21-22H,2-7,9-11H2,1H3,(H,19,24). The molecule has 1 spiro atoms. The van der Waals surface area contributed by atoms with Gasteiger partial charge in [-0.15, -0.1) is 11.3 Å². The summed E-state index contributed by atoms with van der Waals surface area (Å²) in [6.45, 7) is 2.20. The molecule has 150 valence electrons. The smallest absolute Gasteiger partial charge is 0.325 e. The summed E-state index contributed by atoms with van der Waals surface area (Å²) in [5.41, 5.74) is 0.748. The SMILES string of the molecule is COC(=O)CNC(=O)c1cc2c(s1)C1(CCN(CC(O)CO)CC1)OCC2. The Morgan fingerprint density at radius 2 is 2.19 bits per heavy atom. The monoisotopic (exact) mass is 398 g/mol. The first-order chi connectivity index (χ1) is 13.0. The lowest BCUT2D eigenvalue weighted by molar-refractivity contribution is -0.139. The molecule has 27 heavy (non-hydrogen) atoms. The number of carbonyl (C=O) groups excluding carboxylic acids is 2. The van der Waals surface area contributed by atoms with Crippen molar-refractivity contribution in [1.82, 2.24) is 10.2 Å². The number of rotatable bonds is 6. The second-order valence-corrected chi connectivity index (χ2v) is 8.01. The van der Waals surface area contributed by atoms with Crippen molar-refractivity contribution in [3.63, 3.8) is 0 Å². The fraction of sp³-hybridized carbons (Fsp3) is 0.667. The summed E-state index contributed by atoms with van der Waals surface area (Å²) in [5, 5.41) is 21.2. The number of nitrogens with zero attached hydrogens (tertiary/aromatic N) is 1. The van der Waals surface area contributed by atoms with Gasteiger partial charge in [-0.25, -0.2) is 0 Å². The van der Waals surface area contributed by atoms with Gasteiger partial charge in [-0.05, 0) is 30.9 Å². The van der Waals surface area contributed by atoms with E-state index in [2.05, 4.69) is 15.0 Å². The van der Waals surface area contributed by atoms with Crippen LogP contribution in [-0.2, 0) is 26.3 Å². The molecule has 9 heteroatoms. The topological polar surface area (TPSA) is 108 Å². The average Bonchev–Trinajstić information content (AvgIpc) is 3.13. The van der Waals surface area contributed by atoms with Gasteiger partial charge in [0.15, 0.2) is 0 Å². The van der Waals surface area contributed by atoms with Gasteiger partial charge in [0.1, 0.15) is 12.1 Å². The highest BCUT2D eigenvalue weighted by molar-refractivity contribution is 7.14. The number of aliphatic hydroxyl groups is 2. The zero-order valence-electron chi connectivity index (χ0n) is 15.4. The Labute approximate surface area is 162 Å². The summed E-state index contributed by atoms with van der Waals surface area (Å²) in [6, 6.07) is 1.90. The average molecular weight is 398 g/mol. The predicted octanol–water partition coefficient (Wildman–Crippen LogP) is -0.132. The lowest BCUT2D eigenvalue weighted by atomic mass is 9.85. The van der Waals surface area contributed by atoms with Crippen LogP contribution in [0.2, 0.25) is 0 Å². The van der Waals surface area contributed by atoms with Crippen molar-refractivity contribution < 1.29 is 29.3 Å². The van der Waals surface area contributed by atoms with Crippen LogP contribution >= 0.6 is 11.3 Å². The Bertz CT molecular complexity index is 683. The molecule has 1 fully saturated rings. The number of fused-ring (bicyclic) bond motifs is 2. The van der Waals surface area contributed by atoms with E-state index in [4.69, 9.17) is 9.84 Å². The normalized spacial score (nSPS) is 20.1. The van der Waals surface area contributed by atoms with Crippen LogP contribution < -0.4 is 5.32 Å². The molecular weight excluding hydrogens is 372 g/mol. The zero-order valence-corrected chi connectivity index (χ0v) is 16.2. The van der Waals surface area contributed by atoms with E-state index in [0.717, 1.165) is 42.8 Å². The minimum atomic E-state index is -0.728. The number of piperidine rings is 1. The minimum absolute atomic E-state index is 0.151. The third-order valence-electron chi connectivity index (χ3n) is 5.16. The van der Waals surface area contributed by atoms with Crippen molar-refractivity contribution >= 4 is 23.2 Å². The molecule has 0 saturated carbocycles. The fourth-order valence-electron chi connectivity index (χ4n) is 3.67. The fourth-order valence-corrected chi connectivity index (χ4v) is 5.00. The Hall–Kier alpha value is -1.52. The molecule has 1 saturated heterocycles. The maximum Gasteiger partial charge on any atom is 0.325 e. The second-order valence-electron chi connectivity index (χ2n) is 6.95. The van der Waals surface area contributed by atoms with E-state index in [0.29, 0.717) is 18.0 Å². The van der Waals surface area contributed by atoms with E-state index in [9.17, 15) is 14.7 Å². The Morgan fingerprint density at radius 1 is 1.44 bits per heavy atom. The third-order valence-corrected chi connectivity index (χ3v) is 6.52. The number of methoxy groups -OCH3 is 1. The highest BCUT2D eigenvalue weighted by atomic mass is 32.1. The Kier molecular flexibility index (Phi) is 6.48. The first-order valence-corrected chi connectivity index (χ1v) is 9.92. The van der Waals surface area contributed by atoms with Crippen molar-refractivity contribution in [3.8, 4) is 0 Å². The number of hydrogen-bond acceptors (Lipinski definition) is 8. The highest BCUT2D eigenvalue weighted by Crippen LogP contribution is 2.45. The van der Waals surface area contributed by atoms with E-state index in [1.165, 1.54) is 18.4 Å². The summed E-state index contributed by atoms with van der Waals surface area (Å²) in [4.78, 5) is 27.4. The van der Waals surface area contributed by atoms with Crippen molar-refractivity contribution in [3.05, 3.63) is 21.4 Å². The first kappa shape index (κ1) is 20.2. The van der Waals surface area contributed by atoms with Crippen LogP contribution in [0.3, 0.4) is 0 Å². The maximum atomic E-state index is 12.4. The molecule has 0 radical (unpaired) electrons. The Balaban J connectivity index is 1.69. The molecule has 3 heterocycles. The van der Waals surface area contributed by atoms with Crippen LogP contribution in [0.15, 0.2) is 6.07 Å². The molecule has 2 aliphatic heterocycles. The van der Waals surface area contributed by atoms with E-state index in [-0.39, 0.29) is 24.7 Å². The molecule has 1 atom stereocenters. The summed E-state index contributed by atoms with van der Waals surface area (Å²) in [5.74, 6) is -0.764. The van der Waals surface area contributed by atoms with Crippen molar-refractivity contribution in [2.45, 2.75) is 31.0 Å². The lowest BCUT2D eigenvalue weighted by Crippen LogP contribution is -2.48. The van der Waals surface area contributed by atoms with E-state index in [1.807, 2.05) is 6.07 Å². The van der Waals surface area contributed by atoms with Crippen LogP contribution in [0.4, 0.5) is 0 Å². The number of aliphatic hydroxyl groups excluding tert-OH is 2. The molecule has 0 bridgehead atoms. The third kappa shape index (κ3) is 4.49. The van der Waals surface area contributed by atoms with Gasteiger partial charge in [0, 0.05) is 24.5 Å².